The molecule has 0 spiro atoms. The Morgan fingerprint density at radius 1 is 1.50 bits per heavy atom. The van der Waals surface area contributed by atoms with Crippen LogP contribution in [0.25, 0.3) is 0 Å². The van der Waals surface area contributed by atoms with E-state index < -0.39 is 0 Å². The zero-order valence-electron chi connectivity index (χ0n) is 10.5. The number of rotatable bonds is 6. The summed E-state index contributed by atoms with van der Waals surface area (Å²) in [6, 6.07) is 4.18. The first kappa shape index (κ1) is 13.9. The number of nitrogens with one attached hydrogen (secondary N) is 1. The van der Waals surface area contributed by atoms with Crippen molar-refractivity contribution >= 4 is 28.8 Å². The van der Waals surface area contributed by atoms with Crippen molar-refractivity contribution in [2.45, 2.75) is 43.9 Å². The van der Waals surface area contributed by atoms with Gasteiger partial charge < -0.3 is 5.32 Å². The molecule has 0 bridgehead atoms. The molecule has 100 valence electrons. The van der Waals surface area contributed by atoms with E-state index in [1.54, 1.807) is 11.3 Å². The third-order valence-electron chi connectivity index (χ3n) is 3.53. The Labute approximate surface area is 118 Å². The quantitative estimate of drug-likeness (QED) is 0.795. The SMILES string of the molecule is O=C(CCCc1cccs1)NCC1CCCC1Cl. The maximum Gasteiger partial charge on any atom is 0.220 e. The molecule has 1 fully saturated rings. The monoisotopic (exact) mass is 285 g/mol. The van der Waals surface area contributed by atoms with Gasteiger partial charge in [0.1, 0.15) is 0 Å². The zero-order valence-corrected chi connectivity index (χ0v) is 12.1. The molecule has 0 aliphatic heterocycles. The number of carbonyl (C=O) groups excluding carboxylic acids is 1. The number of aryl methyl sites for hydroxylation is 1. The molecular weight excluding hydrogens is 266 g/mol. The zero-order chi connectivity index (χ0) is 12.8. The molecule has 1 N–H and O–H groups in total. The minimum atomic E-state index is 0.169. The number of carbonyl (C=O) groups is 1. The molecule has 2 rings (SSSR count). The minimum absolute atomic E-state index is 0.169. The maximum absolute atomic E-state index is 11.7. The van der Waals surface area contributed by atoms with Crippen molar-refractivity contribution in [3.8, 4) is 0 Å². The highest BCUT2D eigenvalue weighted by atomic mass is 35.5. The van der Waals surface area contributed by atoms with Gasteiger partial charge in [-0.25, -0.2) is 0 Å². The first-order valence-corrected chi connectivity index (χ1v) is 8.00. The summed E-state index contributed by atoms with van der Waals surface area (Å²) in [7, 11) is 0. The van der Waals surface area contributed by atoms with Gasteiger partial charge >= 0.3 is 0 Å². The predicted molar refractivity (Wildman–Crippen MR) is 77.2 cm³/mol. The molecule has 18 heavy (non-hydrogen) atoms. The van der Waals surface area contributed by atoms with Gasteiger partial charge in [-0.2, -0.15) is 0 Å². The van der Waals surface area contributed by atoms with E-state index in [0.29, 0.717) is 12.3 Å². The number of halogens is 1. The summed E-state index contributed by atoms with van der Waals surface area (Å²) in [5, 5.41) is 5.36. The molecule has 0 aromatic carbocycles. The second-order valence-corrected chi connectivity index (χ2v) is 6.54. The molecular formula is C14H20ClNOS. The van der Waals surface area contributed by atoms with E-state index in [4.69, 9.17) is 11.6 Å². The van der Waals surface area contributed by atoms with Crippen LogP contribution in [-0.4, -0.2) is 17.8 Å². The smallest absolute Gasteiger partial charge is 0.220 e. The van der Waals surface area contributed by atoms with Crippen molar-refractivity contribution in [3.63, 3.8) is 0 Å². The van der Waals surface area contributed by atoms with E-state index in [1.165, 1.54) is 11.3 Å². The van der Waals surface area contributed by atoms with Crippen molar-refractivity contribution in [1.29, 1.82) is 0 Å². The molecule has 1 aliphatic rings. The van der Waals surface area contributed by atoms with Crippen molar-refractivity contribution in [1.82, 2.24) is 5.32 Å². The lowest BCUT2D eigenvalue weighted by molar-refractivity contribution is -0.121. The summed E-state index contributed by atoms with van der Waals surface area (Å²) in [6.45, 7) is 0.756. The summed E-state index contributed by atoms with van der Waals surface area (Å²) in [5.74, 6) is 0.648. The lowest BCUT2D eigenvalue weighted by atomic mass is 10.1. The lowest BCUT2D eigenvalue weighted by Gasteiger charge is -2.14. The lowest BCUT2D eigenvalue weighted by Crippen LogP contribution is -2.30. The predicted octanol–water partition coefficient (Wildman–Crippen LogP) is 3.59. The molecule has 0 saturated heterocycles. The van der Waals surface area contributed by atoms with Gasteiger partial charge in [-0.3, -0.25) is 4.79 Å². The van der Waals surface area contributed by atoms with Crippen molar-refractivity contribution in [2.24, 2.45) is 5.92 Å². The molecule has 2 unspecified atom stereocenters. The normalized spacial score (nSPS) is 23.2. The van der Waals surface area contributed by atoms with E-state index in [1.807, 2.05) is 0 Å². The van der Waals surface area contributed by atoms with Crippen LogP contribution < -0.4 is 5.32 Å². The number of alkyl halides is 1. The maximum atomic E-state index is 11.7. The van der Waals surface area contributed by atoms with E-state index >= 15 is 0 Å². The minimum Gasteiger partial charge on any atom is -0.356 e. The molecule has 4 heteroatoms. The summed E-state index contributed by atoms with van der Waals surface area (Å²) >= 11 is 7.94. The highest BCUT2D eigenvalue weighted by Crippen LogP contribution is 2.29. The van der Waals surface area contributed by atoms with Gasteiger partial charge in [0.25, 0.3) is 0 Å². The van der Waals surface area contributed by atoms with Crippen LogP contribution in [0.15, 0.2) is 17.5 Å². The van der Waals surface area contributed by atoms with Crippen LogP contribution in [0.3, 0.4) is 0 Å². The van der Waals surface area contributed by atoms with E-state index in [-0.39, 0.29) is 11.3 Å². The third kappa shape index (κ3) is 4.29. The van der Waals surface area contributed by atoms with Crippen LogP contribution in [0, 0.1) is 5.92 Å². The van der Waals surface area contributed by atoms with Crippen molar-refractivity contribution < 1.29 is 4.79 Å². The fourth-order valence-corrected chi connectivity index (χ4v) is 3.55. The molecule has 1 saturated carbocycles. The third-order valence-corrected chi connectivity index (χ3v) is 5.05. The summed E-state index contributed by atoms with van der Waals surface area (Å²) in [4.78, 5) is 13.0. The van der Waals surface area contributed by atoms with Gasteiger partial charge in [0, 0.05) is 23.2 Å². The average Bonchev–Trinajstić information content (AvgIpc) is 2.98. The van der Waals surface area contributed by atoms with Crippen LogP contribution in [-0.2, 0) is 11.2 Å². The second-order valence-electron chi connectivity index (χ2n) is 4.94. The number of hydrogen-bond donors (Lipinski definition) is 1. The van der Waals surface area contributed by atoms with Crippen LogP contribution in [0.2, 0.25) is 0 Å². The van der Waals surface area contributed by atoms with E-state index in [9.17, 15) is 4.79 Å². The van der Waals surface area contributed by atoms with Crippen LogP contribution in [0.5, 0.6) is 0 Å². The molecule has 1 heterocycles. The van der Waals surface area contributed by atoms with Crippen LogP contribution in [0.1, 0.15) is 37.0 Å². The Morgan fingerprint density at radius 3 is 3.06 bits per heavy atom. The Hall–Kier alpha value is -0.540. The standard InChI is InChI=1S/C14H20ClNOS/c15-13-7-1-4-11(13)10-16-14(17)8-2-5-12-6-3-9-18-12/h3,6,9,11,13H,1-2,4-5,7-8,10H2,(H,16,17). The summed E-state index contributed by atoms with van der Waals surface area (Å²) < 4.78 is 0. The summed E-state index contributed by atoms with van der Waals surface area (Å²) in [5.41, 5.74) is 0. The Balaban J connectivity index is 1.57. The first-order valence-electron chi connectivity index (χ1n) is 6.69. The van der Waals surface area contributed by atoms with E-state index in [0.717, 1.165) is 32.2 Å². The highest BCUT2D eigenvalue weighted by molar-refractivity contribution is 7.09. The highest BCUT2D eigenvalue weighted by Gasteiger charge is 2.25. The molecule has 2 atom stereocenters. The topological polar surface area (TPSA) is 29.1 Å². The fraction of sp³-hybridized carbons (Fsp3) is 0.643. The number of hydrogen-bond acceptors (Lipinski definition) is 2. The Kier molecular flexibility index (Phi) is 5.51. The van der Waals surface area contributed by atoms with Gasteiger partial charge in [-0.05, 0) is 43.0 Å². The van der Waals surface area contributed by atoms with Gasteiger partial charge in [-0.1, -0.05) is 12.5 Å². The van der Waals surface area contributed by atoms with Gasteiger partial charge in [0.15, 0.2) is 0 Å². The summed E-state index contributed by atoms with van der Waals surface area (Å²) in [6.07, 6.45) is 6.02. The van der Waals surface area contributed by atoms with Gasteiger partial charge in [-0.15, -0.1) is 22.9 Å². The fourth-order valence-electron chi connectivity index (χ4n) is 2.43. The molecule has 1 aliphatic carbocycles. The largest absolute Gasteiger partial charge is 0.356 e. The molecule has 2 nitrogen and oxygen atoms in total. The van der Waals surface area contributed by atoms with Crippen molar-refractivity contribution in [3.05, 3.63) is 22.4 Å². The number of amides is 1. The van der Waals surface area contributed by atoms with E-state index in [2.05, 4.69) is 22.8 Å². The van der Waals surface area contributed by atoms with Crippen molar-refractivity contribution in [2.75, 3.05) is 6.54 Å². The Morgan fingerprint density at radius 2 is 2.39 bits per heavy atom. The molecule has 1 aromatic rings. The average molecular weight is 286 g/mol. The van der Waals surface area contributed by atoms with Crippen LogP contribution >= 0.6 is 22.9 Å². The Bertz CT molecular complexity index is 366. The molecule has 1 amide bonds. The number of thiophene rings is 1. The molecule has 1 aromatic heterocycles. The van der Waals surface area contributed by atoms with Crippen LogP contribution in [0.4, 0.5) is 0 Å². The van der Waals surface area contributed by atoms with Gasteiger partial charge in [0.2, 0.25) is 5.91 Å². The molecule has 0 radical (unpaired) electrons. The second kappa shape index (κ2) is 7.15. The van der Waals surface area contributed by atoms with Gasteiger partial charge in [0.05, 0.1) is 0 Å². The first-order chi connectivity index (χ1) is 8.75.